The second-order valence-corrected chi connectivity index (χ2v) is 10.2. The van der Waals surface area contributed by atoms with Gasteiger partial charge in [-0.2, -0.15) is 0 Å². The second-order valence-electron chi connectivity index (χ2n) is 10.2. The maximum absolute atomic E-state index is 13.6. The summed E-state index contributed by atoms with van der Waals surface area (Å²) in [6.45, 7) is 4.80. The van der Waals surface area contributed by atoms with E-state index in [1.165, 1.54) is 11.1 Å². The zero-order chi connectivity index (χ0) is 23.7. The minimum atomic E-state index is -0.503. The molecule has 2 aromatic carbocycles. The Kier molecular flexibility index (Phi) is 6.62. The summed E-state index contributed by atoms with van der Waals surface area (Å²) in [5.41, 5.74) is 4.71. The third kappa shape index (κ3) is 4.84. The van der Waals surface area contributed by atoms with E-state index in [4.69, 9.17) is 4.74 Å². The summed E-state index contributed by atoms with van der Waals surface area (Å²) >= 11 is 0. The Morgan fingerprint density at radius 1 is 1.06 bits per heavy atom. The highest BCUT2D eigenvalue weighted by Gasteiger charge is 2.36. The molecule has 2 saturated carbocycles. The summed E-state index contributed by atoms with van der Waals surface area (Å²) in [7, 11) is 0. The van der Waals surface area contributed by atoms with Crippen molar-refractivity contribution >= 4 is 11.8 Å². The third-order valence-electron chi connectivity index (χ3n) is 7.59. The molecule has 3 aliphatic rings. The van der Waals surface area contributed by atoms with Gasteiger partial charge in [0.15, 0.2) is 6.10 Å². The Morgan fingerprint density at radius 2 is 1.79 bits per heavy atom. The molecule has 2 amide bonds. The molecule has 0 saturated heterocycles. The molecule has 0 radical (unpaired) electrons. The van der Waals surface area contributed by atoms with Crippen LogP contribution in [0, 0.1) is 12.8 Å². The van der Waals surface area contributed by atoms with Crippen LogP contribution in [-0.4, -0.2) is 35.4 Å². The Morgan fingerprint density at radius 3 is 2.47 bits per heavy atom. The van der Waals surface area contributed by atoms with Crippen molar-refractivity contribution in [3.63, 3.8) is 0 Å². The van der Waals surface area contributed by atoms with Crippen molar-refractivity contribution in [3.8, 4) is 5.75 Å². The number of nitrogens with zero attached hydrogens (tertiary/aromatic N) is 1. The number of amides is 2. The fraction of sp³-hybridized carbons (Fsp3) is 0.517. The molecule has 5 nitrogen and oxygen atoms in total. The van der Waals surface area contributed by atoms with E-state index in [0.717, 1.165) is 62.6 Å². The molecule has 0 aromatic heterocycles. The fourth-order valence-electron chi connectivity index (χ4n) is 5.43. The first-order chi connectivity index (χ1) is 16.5. The van der Waals surface area contributed by atoms with Gasteiger partial charge in [0.25, 0.3) is 5.91 Å². The number of rotatable bonds is 7. The second kappa shape index (κ2) is 9.81. The number of ether oxygens (including phenoxy) is 1. The molecule has 34 heavy (non-hydrogen) atoms. The van der Waals surface area contributed by atoms with Crippen molar-refractivity contribution in [2.45, 2.75) is 83.4 Å². The third-order valence-corrected chi connectivity index (χ3v) is 7.59. The lowest BCUT2D eigenvalue weighted by atomic mass is 9.86. The highest BCUT2D eigenvalue weighted by molar-refractivity contribution is 5.82. The van der Waals surface area contributed by atoms with Crippen LogP contribution in [0.5, 0.6) is 5.75 Å². The van der Waals surface area contributed by atoms with Crippen LogP contribution in [0.25, 0.3) is 0 Å². The quantitative estimate of drug-likeness (QED) is 0.626. The molecule has 2 fully saturated rings. The highest BCUT2D eigenvalue weighted by atomic mass is 16.5. The Hall–Kier alpha value is -2.82. The van der Waals surface area contributed by atoms with Crippen molar-refractivity contribution in [2.24, 2.45) is 5.92 Å². The maximum Gasteiger partial charge on any atom is 0.261 e. The van der Waals surface area contributed by atoms with E-state index in [-0.39, 0.29) is 23.8 Å². The molecule has 1 heterocycles. The number of nitrogens with one attached hydrogen (secondary N) is 1. The average molecular weight is 461 g/mol. The lowest BCUT2D eigenvalue weighted by Gasteiger charge is -2.39. The first-order valence-corrected chi connectivity index (χ1v) is 13.0. The molecule has 5 rings (SSSR count). The van der Waals surface area contributed by atoms with Gasteiger partial charge in [0.2, 0.25) is 5.91 Å². The van der Waals surface area contributed by atoms with Crippen molar-refractivity contribution in [1.29, 1.82) is 0 Å². The van der Waals surface area contributed by atoms with Gasteiger partial charge in [-0.15, -0.1) is 0 Å². The van der Waals surface area contributed by atoms with Crippen molar-refractivity contribution in [1.82, 2.24) is 10.2 Å². The predicted octanol–water partition coefficient (Wildman–Crippen LogP) is 5.10. The number of benzene rings is 2. The van der Waals surface area contributed by atoms with Gasteiger partial charge in [-0.05, 0) is 74.3 Å². The molecule has 2 aliphatic carbocycles. The van der Waals surface area contributed by atoms with Crippen LogP contribution < -0.4 is 10.1 Å². The first kappa shape index (κ1) is 22.9. The number of carbonyl (C=O) groups is 2. The average Bonchev–Trinajstić information content (AvgIpc) is 3.49. The monoisotopic (exact) mass is 460 g/mol. The number of aryl methyl sites for hydroxylation is 1. The van der Waals surface area contributed by atoms with Gasteiger partial charge >= 0.3 is 0 Å². The molecule has 2 aromatic rings. The maximum atomic E-state index is 13.6. The van der Waals surface area contributed by atoms with E-state index in [1.807, 2.05) is 13.0 Å². The van der Waals surface area contributed by atoms with Crippen molar-refractivity contribution in [2.75, 3.05) is 6.54 Å². The van der Waals surface area contributed by atoms with E-state index in [1.54, 1.807) is 0 Å². The van der Waals surface area contributed by atoms with Crippen LogP contribution in [0.1, 0.15) is 80.2 Å². The molecule has 0 unspecified atom stereocenters. The van der Waals surface area contributed by atoms with Gasteiger partial charge in [0, 0.05) is 18.5 Å². The van der Waals surface area contributed by atoms with Crippen molar-refractivity contribution in [3.05, 3.63) is 64.7 Å². The van der Waals surface area contributed by atoms with Gasteiger partial charge in [-0.1, -0.05) is 55.7 Å². The molecular weight excluding hydrogens is 424 g/mol. The summed E-state index contributed by atoms with van der Waals surface area (Å²) in [6.07, 6.45) is 7.37. The SMILES string of the molecule is CC[C@@H](Oc1ccc2c(c1)[C@@H](c1ccc(C)cc1)N(C(=O)C1CCCC1)CC2)C(=O)NC1CC1. The number of fused-ring (bicyclic) bond motifs is 1. The summed E-state index contributed by atoms with van der Waals surface area (Å²) in [4.78, 5) is 28.3. The molecule has 0 spiro atoms. The van der Waals surface area contributed by atoms with Crippen LogP contribution in [0.3, 0.4) is 0 Å². The number of hydrogen-bond acceptors (Lipinski definition) is 3. The lowest BCUT2D eigenvalue weighted by molar-refractivity contribution is -0.137. The molecule has 2 atom stereocenters. The minimum absolute atomic E-state index is 0.0316. The zero-order valence-electron chi connectivity index (χ0n) is 20.4. The number of carbonyl (C=O) groups excluding carboxylic acids is 2. The van der Waals surface area contributed by atoms with Crippen LogP contribution in [0.15, 0.2) is 42.5 Å². The molecule has 5 heteroatoms. The fourth-order valence-corrected chi connectivity index (χ4v) is 5.43. The Labute approximate surface area is 202 Å². The van der Waals surface area contributed by atoms with Gasteiger partial charge < -0.3 is 15.0 Å². The first-order valence-electron chi connectivity index (χ1n) is 13.0. The molecule has 1 aliphatic heterocycles. The van der Waals surface area contributed by atoms with Crippen LogP contribution >= 0.6 is 0 Å². The smallest absolute Gasteiger partial charge is 0.261 e. The van der Waals surface area contributed by atoms with E-state index in [2.05, 4.69) is 53.5 Å². The topological polar surface area (TPSA) is 58.6 Å². The standard InChI is InChI=1S/C29H36N2O3/c1-3-26(28(32)30-23-13-14-23)34-24-15-12-20-16-17-31(29(33)22-6-4-5-7-22)27(25(20)18-24)21-10-8-19(2)9-11-21/h8-12,15,18,22-23,26-27H,3-7,13-14,16-17H2,1-2H3,(H,30,32)/t26-,27-/m1/s1. The van der Waals surface area contributed by atoms with Crippen LogP contribution in [0.2, 0.25) is 0 Å². The highest BCUT2D eigenvalue weighted by Crippen LogP contribution is 2.40. The van der Waals surface area contributed by atoms with E-state index in [0.29, 0.717) is 18.2 Å². The van der Waals surface area contributed by atoms with Gasteiger partial charge in [0.05, 0.1) is 6.04 Å². The van der Waals surface area contributed by atoms with E-state index in [9.17, 15) is 9.59 Å². The normalized spacial score (nSPS) is 21.1. The van der Waals surface area contributed by atoms with Gasteiger partial charge in [-0.25, -0.2) is 0 Å². The molecular formula is C29H36N2O3. The summed E-state index contributed by atoms with van der Waals surface area (Å²) in [5.74, 6) is 1.10. The largest absolute Gasteiger partial charge is 0.481 e. The summed E-state index contributed by atoms with van der Waals surface area (Å²) in [5, 5.41) is 3.06. The summed E-state index contributed by atoms with van der Waals surface area (Å²) in [6, 6.07) is 14.9. The number of hydrogen-bond donors (Lipinski definition) is 1. The Balaban J connectivity index is 1.46. The molecule has 1 N–H and O–H groups in total. The Bertz CT molecular complexity index is 1040. The van der Waals surface area contributed by atoms with Gasteiger partial charge in [0.1, 0.15) is 5.75 Å². The van der Waals surface area contributed by atoms with E-state index >= 15 is 0 Å². The van der Waals surface area contributed by atoms with Gasteiger partial charge in [-0.3, -0.25) is 9.59 Å². The zero-order valence-corrected chi connectivity index (χ0v) is 20.4. The molecule has 180 valence electrons. The predicted molar refractivity (Wildman–Crippen MR) is 133 cm³/mol. The summed E-state index contributed by atoms with van der Waals surface area (Å²) < 4.78 is 6.20. The van der Waals surface area contributed by atoms with Crippen molar-refractivity contribution < 1.29 is 14.3 Å². The van der Waals surface area contributed by atoms with Crippen LogP contribution in [0.4, 0.5) is 0 Å². The van der Waals surface area contributed by atoms with E-state index < -0.39 is 6.10 Å². The minimum Gasteiger partial charge on any atom is -0.481 e. The molecule has 0 bridgehead atoms. The lowest BCUT2D eigenvalue weighted by Crippen LogP contribution is -2.43. The van der Waals surface area contributed by atoms with Crippen LogP contribution in [-0.2, 0) is 16.0 Å².